The number of amides is 1. The van der Waals surface area contributed by atoms with Gasteiger partial charge in [-0.25, -0.2) is 8.42 Å². The summed E-state index contributed by atoms with van der Waals surface area (Å²) in [6.45, 7) is 3.54. The summed E-state index contributed by atoms with van der Waals surface area (Å²) in [4.78, 5) is 12.4. The molecule has 0 heterocycles. The minimum absolute atomic E-state index is 0.0242. The van der Waals surface area contributed by atoms with E-state index in [1.165, 1.54) is 19.2 Å². The molecule has 0 radical (unpaired) electrons. The highest BCUT2D eigenvalue weighted by atomic mass is 32.2. The van der Waals surface area contributed by atoms with Gasteiger partial charge in [0.25, 0.3) is 10.0 Å². The number of sulfonamides is 1. The van der Waals surface area contributed by atoms with Crippen LogP contribution < -0.4 is 14.4 Å². The Labute approximate surface area is 154 Å². The molecule has 0 spiro atoms. The number of methoxy groups -OCH3 is 1. The first-order valence-electron chi connectivity index (χ1n) is 8.39. The van der Waals surface area contributed by atoms with E-state index in [4.69, 9.17) is 4.74 Å². The third-order valence-electron chi connectivity index (χ3n) is 4.00. The van der Waals surface area contributed by atoms with Gasteiger partial charge in [-0.1, -0.05) is 25.1 Å². The van der Waals surface area contributed by atoms with Crippen molar-refractivity contribution in [2.24, 2.45) is 0 Å². The summed E-state index contributed by atoms with van der Waals surface area (Å²) in [5.74, 6) is 0.213. The van der Waals surface area contributed by atoms with E-state index in [1.54, 1.807) is 42.5 Å². The average molecular weight is 376 g/mol. The van der Waals surface area contributed by atoms with Crippen LogP contribution in [0.3, 0.4) is 0 Å². The maximum absolute atomic E-state index is 13.1. The summed E-state index contributed by atoms with van der Waals surface area (Å²) < 4.78 is 32.4. The minimum atomic E-state index is -3.90. The molecule has 1 amide bonds. The van der Waals surface area contributed by atoms with Crippen molar-refractivity contribution < 1.29 is 17.9 Å². The summed E-state index contributed by atoms with van der Waals surface area (Å²) in [7, 11) is -2.39. The number of rotatable bonds is 8. The molecule has 0 unspecified atom stereocenters. The van der Waals surface area contributed by atoms with Crippen LogP contribution in [0.4, 0.5) is 5.69 Å². The molecule has 6 nitrogen and oxygen atoms in total. The first-order valence-corrected chi connectivity index (χ1v) is 9.83. The Kier molecular flexibility index (Phi) is 6.63. The Morgan fingerprint density at radius 2 is 1.73 bits per heavy atom. The van der Waals surface area contributed by atoms with Gasteiger partial charge in [0.2, 0.25) is 5.91 Å². The molecule has 26 heavy (non-hydrogen) atoms. The fraction of sp³-hybridized carbons (Fsp3) is 0.316. The molecule has 140 valence electrons. The van der Waals surface area contributed by atoms with Crippen LogP contribution in [0.25, 0.3) is 0 Å². The van der Waals surface area contributed by atoms with E-state index in [0.717, 1.165) is 10.7 Å². The summed E-state index contributed by atoms with van der Waals surface area (Å²) in [5, 5.41) is 2.81. The molecule has 0 saturated carbocycles. The SMILES string of the molecule is CC[C@H](C)NC(=O)CN(c1ccccc1)S(=O)(=O)c1ccc(OC)cc1. The van der Waals surface area contributed by atoms with Crippen molar-refractivity contribution in [3.05, 3.63) is 54.6 Å². The van der Waals surface area contributed by atoms with Gasteiger partial charge in [0.05, 0.1) is 17.7 Å². The standard InChI is InChI=1S/C19H24N2O4S/c1-4-15(2)20-19(22)14-21(16-8-6-5-7-9-16)26(23,24)18-12-10-17(25-3)11-13-18/h5-13,15H,4,14H2,1-3H3,(H,20,22)/t15-/m0/s1. The summed E-state index contributed by atoms with van der Waals surface area (Å²) in [6.07, 6.45) is 0.766. The fourth-order valence-corrected chi connectivity index (χ4v) is 3.76. The monoisotopic (exact) mass is 376 g/mol. The van der Waals surface area contributed by atoms with Crippen molar-refractivity contribution in [1.82, 2.24) is 5.32 Å². The predicted molar refractivity (Wildman–Crippen MR) is 102 cm³/mol. The van der Waals surface area contributed by atoms with Gasteiger partial charge in [-0.3, -0.25) is 9.10 Å². The largest absolute Gasteiger partial charge is 0.497 e. The lowest BCUT2D eigenvalue weighted by Crippen LogP contribution is -2.43. The van der Waals surface area contributed by atoms with Gasteiger partial charge in [0, 0.05) is 6.04 Å². The second-order valence-electron chi connectivity index (χ2n) is 5.90. The van der Waals surface area contributed by atoms with Gasteiger partial charge in [-0.15, -0.1) is 0 Å². The van der Waals surface area contributed by atoms with Crippen LogP contribution >= 0.6 is 0 Å². The molecule has 2 aromatic carbocycles. The highest BCUT2D eigenvalue weighted by Gasteiger charge is 2.27. The third kappa shape index (κ3) is 4.76. The quantitative estimate of drug-likeness (QED) is 0.769. The summed E-state index contributed by atoms with van der Waals surface area (Å²) >= 11 is 0. The number of carbonyl (C=O) groups excluding carboxylic acids is 1. The number of nitrogens with one attached hydrogen (secondary N) is 1. The number of anilines is 1. The number of carbonyl (C=O) groups is 1. The highest BCUT2D eigenvalue weighted by Crippen LogP contribution is 2.24. The van der Waals surface area contributed by atoms with E-state index < -0.39 is 10.0 Å². The van der Waals surface area contributed by atoms with Crippen LogP contribution in [0, 0.1) is 0 Å². The van der Waals surface area contributed by atoms with Crippen LogP contribution in [0.15, 0.2) is 59.5 Å². The second kappa shape index (κ2) is 8.71. The smallest absolute Gasteiger partial charge is 0.264 e. The van der Waals surface area contributed by atoms with Crippen LogP contribution in [-0.2, 0) is 14.8 Å². The van der Waals surface area contributed by atoms with E-state index in [9.17, 15) is 13.2 Å². The molecule has 0 fully saturated rings. The van der Waals surface area contributed by atoms with E-state index in [2.05, 4.69) is 5.32 Å². The predicted octanol–water partition coefficient (Wildman–Crippen LogP) is 2.81. The zero-order valence-corrected chi connectivity index (χ0v) is 16.0. The van der Waals surface area contributed by atoms with Crippen LogP contribution in [0.5, 0.6) is 5.75 Å². The molecule has 1 atom stereocenters. The summed E-state index contributed by atoms with van der Waals surface area (Å²) in [5.41, 5.74) is 0.433. The van der Waals surface area contributed by atoms with Crippen LogP contribution in [0.1, 0.15) is 20.3 Å². The van der Waals surface area contributed by atoms with Crippen molar-refractivity contribution in [3.63, 3.8) is 0 Å². The number of benzene rings is 2. The second-order valence-corrected chi connectivity index (χ2v) is 7.76. The molecule has 0 saturated heterocycles. The zero-order chi connectivity index (χ0) is 19.2. The molecule has 0 aliphatic rings. The molecule has 2 aromatic rings. The number of nitrogens with zero attached hydrogens (tertiary/aromatic N) is 1. The molecule has 0 bridgehead atoms. The molecule has 7 heteroatoms. The highest BCUT2D eigenvalue weighted by molar-refractivity contribution is 7.92. The number of hydrogen-bond acceptors (Lipinski definition) is 4. The van der Waals surface area contributed by atoms with E-state index in [0.29, 0.717) is 11.4 Å². The average Bonchev–Trinajstić information content (AvgIpc) is 2.66. The van der Waals surface area contributed by atoms with Crippen molar-refractivity contribution in [1.29, 1.82) is 0 Å². The molecular formula is C19H24N2O4S. The third-order valence-corrected chi connectivity index (χ3v) is 5.79. The Morgan fingerprint density at radius 1 is 1.12 bits per heavy atom. The molecule has 0 aromatic heterocycles. The fourth-order valence-electron chi connectivity index (χ4n) is 2.34. The minimum Gasteiger partial charge on any atom is -0.497 e. The topological polar surface area (TPSA) is 75.7 Å². The first kappa shape index (κ1) is 19.8. The molecular weight excluding hydrogens is 352 g/mol. The first-order chi connectivity index (χ1) is 12.4. The Bertz CT molecular complexity index is 820. The van der Waals surface area contributed by atoms with Gasteiger partial charge in [-0.2, -0.15) is 0 Å². The van der Waals surface area contributed by atoms with E-state index in [1.807, 2.05) is 13.8 Å². The van der Waals surface area contributed by atoms with Crippen LogP contribution in [0.2, 0.25) is 0 Å². The molecule has 2 rings (SSSR count). The lowest BCUT2D eigenvalue weighted by molar-refractivity contribution is -0.120. The lowest BCUT2D eigenvalue weighted by atomic mass is 10.2. The van der Waals surface area contributed by atoms with E-state index >= 15 is 0 Å². The van der Waals surface area contributed by atoms with Crippen molar-refractivity contribution >= 4 is 21.6 Å². The Morgan fingerprint density at radius 3 is 2.27 bits per heavy atom. The van der Waals surface area contributed by atoms with Gasteiger partial charge >= 0.3 is 0 Å². The normalized spacial score (nSPS) is 12.3. The number of hydrogen-bond donors (Lipinski definition) is 1. The maximum atomic E-state index is 13.1. The number of para-hydroxylation sites is 1. The maximum Gasteiger partial charge on any atom is 0.264 e. The Balaban J connectivity index is 2.37. The zero-order valence-electron chi connectivity index (χ0n) is 15.2. The molecule has 1 N–H and O–H groups in total. The van der Waals surface area contributed by atoms with E-state index in [-0.39, 0.29) is 23.4 Å². The summed E-state index contributed by atoms with van der Waals surface area (Å²) in [6, 6.07) is 14.7. The van der Waals surface area contributed by atoms with Gasteiger partial charge in [-0.05, 0) is 49.7 Å². The van der Waals surface area contributed by atoms with Gasteiger partial charge in [0.15, 0.2) is 0 Å². The Hall–Kier alpha value is -2.54. The van der Waals surface area contributed by atoms with Gasteiger partial charge in [0.1, 0.15) is 12.3 Å². The molecule has 0 aliphatic heterocycles. The van der Waals surface area contributed by atoms with Crippen molar-refractivity contribution in [3.8, 4) is 5.75 Å². The lowest BCUT2D eigenvalue weighted by Gasteiger charge is -2.25. The molecule has 0 aliphatic carbocycles. The van der Waals surface area contributed by atoms with Gasteiger partial charge < -0.3 is 10.1 Å². The van der Waals surface area contributed by atoms with Crippen molar-refractivity contribution in [2.75, 3.05) is 18.0 Å². The van der Waals surface area contributed by atoms with Crippen molar-refractivity contribution in [2.45, 2.75) is 31.2 Å². The van der Waals surface area contributed by atoms with Crippen LogP contribution in [-0.4, -0.2) is 34.0 Å². The number of ether oxygens (including phenoxy) is 1.